The number of hydrogen-bond acceptors (Lipinski definition) is 4. The molecule has 0 saturated heterocycles. The van der Waals surface area contributed by atoms with Gasteiger partial charge >= 0.3 is 6.18 Å². The summed E-state index contributed by atoms with van der Waals surface area (Å²) in [5, 5.41) is 1.22. The number of thiophene rings is 1. The smallest absolute Gasteiger partial charge is 0.425 e. The molecule has 3 rings (SSSR count). The Balaban J connectivity index is 1.73. The van der Waals surface area contributed by atoms with Gasteiger partial charge in [-0.3, -0.25) is 0 Å². The zero-order valence-electron chi connectivity index (χ0n) is 13.8. The first-order valence-electron chi connectivity index (χ1n) is 7.60. The molecule has 0 unspecified atom stereocenters. The van der Waals surface area contributed by atoms with E-state index in [2.05, 4.69) is 4.98 Å². The third-order valence-corrected chi connectivity index (χ3v) is 4.34. The summed E-state index contributed by atoms with van der Waals surface area (Å²) in [5.74, 6) is -1.32. The van der Waals surface area contributed by atoms with Crippen LogP contribution in [0.1, 0.15) is 16.0 Å². The van der Waals surface area contributed by atoms with Gasteiger partial charge < -0.3 is 9.47 Å². The molecule has 0 saturated carbocycles. The van der Waals surface area contributed by atoms with E-state index in [0.29, 0.717) is 16.9 Å². The Kier molecular flexibility index (Phi) is 5.31. The average Bonchev–Trinajstić information content (AvgIpc) is 3.02. The van der Waals surface area contributed by atoms with E-state index < -0.39 is 22.7 Å². The number of nitrogens with zero attached hydrogens (tertiary/aromatic N) is 1. The van der Waals surface area contributed by atoms with Gasteiger partial charge in [-0.05, 0) is 24.6 Å². The fourth-order valence-corrected chi connectivity index (χ4v) is 2.84. The molecule has 1 aromatic carbocycles. The fourth-order valence-electron chi connectivity index (χ4n) is 2.16. The third kappa shape index (κ3) is 4.94. The number of hydrogen-bond donors (Lipinski definition) is 0. The van der Waals surface area contributed by atoms with E-state index in [9.17, 15) is 22.0 Å². The summed E-state index contributed by atoms with van der Waals surface area (Å²) < 4.78 is 75.3. The number of alkyl halides is 3. The van der Waals surface area contributed by atoms with Crippen LogP contribution in [0.25, 0.3) is 0 Å². The highest BCUT2D eigenvalue weighted by Gasteiger charge is 2.32. The Morgan fingerprint density at radius 2 is 1.78 bits per heavy atom. The van der Waals surface area contributed by atoms with Crippen molar-refractivity contribution in [3.63, 3.8) is 0 Å². The molecular formula is C18H12F5NO2S. The molecular weight excluding hydrogens is 389 g/mol. The standard InChI is InChI=1S/C18H12F5NO2S/c1-10-4-16(25-8-11-2-3-12(19)6-14(11)20)24-17(5-10)26-13-7-15(27-9-13)18(21,22)23/h2-7,9H,8H2,1H3. The number of aromatic nitrogens is 1. The van der Waals surface area contributed by atoms with E-state index in [0.717, 1.165) is 18.2 Å². The van der Waals surface area contributed by atoms with E-state index in [4.69, 9.17) is 9.47 Å². The highest BCUT2D eigenvalue weighted by molar-refractivity contribution is 7.10. The quantitative estimate of drug-likeness (QED) is 0.483. The SMILES string of the molecule is Cc1cc(OCc2ccc(F)cc2F)nc(Oc2csc(C(F)(F)F)c2)c1. The van der Waals surface area contributed by atoms with Crippen molar-refractivity contribution in [1.82, 2.24) is 4.98 Å². The molecule has 0 aliphatic heterocycles. The lowest BCUT2D eigenvalue weighted by atomic mass is 10.2. The maximum absolute atomic E-state index is 13.6. The lowest BCUT2D eigenvalue weighted by Crippen LogP contribution is -2.02. The van der Waals surface area contributed by atoms with Crippen LogP contribution in [0.4, 0.5) is 22.0 Å². The molecule has 3 nitrogen and oxygen atoms in total. The van der Waals surface area contributed by atoms with Crippen LogP contribution in [0.5, 0.6) is 17.5 Å². The van der Waals surface area contributed by atoms with E-state index in [1.807, 2.05) is 0 Å². The van der Waals surface area contributed by atoms with Crippen molar-refractivity contribution in [3.05, 3.63) is 69.4 Å². The Bertz CT molecular complexity index is 955. The second-order valence-corrected chi connectivity index (χ2v) is 6.50. The maximum atomic E-state index is 13.6. The Labute approximate surface area is 155 Å². The number of halogens is 5. The van der Waals surface area contributed by atoms with E-state index in [-0.39, 0.29) is 29.7 Å². The predicted octanol–water partition coefficient (Wildman–Crippen LogP) is 6.12. The minimum atomic E-state index is -4.44. The molecule has 0 fully saturated rings. The molecule has 0 amide bonds. The predicted molar refractivity (Wildman–Crippen MR) is 89.1 cm³/mol. The van der Waals surface area contributed by atoms with Gasteiger partial charge in [-0.2, -0.15) is 18.2 Å². The Hall–Kier alpha value is -2.68. The van der Waals surface area contributed by atoms with Crippen LogP contribution in [0.3, 0.4) is 0 Å². The molecule has 0 aliphatic rings. The van der Waals surface area contributed by atoms with Crippen molar-refractivity contribution in [2.75, 3.05) is 0 Å². The molecule has 0 bridgehead atoms. The van der Waals surface area contributed by atoms with E-state index in [1.54, 1.807) is 13.0 Å². The maximum Gasteiger partial charge on any atom is 0.425 e. The Morgan fingerprint density at radius 3 is 2.44 bits per heavy atom. The van der Waals surface area contributed by atoms with Gasteiger partial charge in [0.25, 0.3) is 0 Å². The summed E-state index contributed by atoms with van der Waals surface area (Å²) in [4.78, 5) is 3.26. The molecule has 0 radical (unpaired) electrons. The zero-order valence-corrected chi connectivity index (χ0v) is 14.6. The number of aryl methyl sites for hydroxylation is 1. The second kappa shape index (κ2) is 7.51. The van der Waals surface area contributed by atoms with E-state index >= 15 is 0 Å². The van der Waals surface area contributed by atoms with Crippen LogP contribution in [-0.4, -0.2) is 4.98 Å². The van der Waals surface area contributed by atoms with Crippen LogP contribution in [0.15, 0.2) is 41.8 Å². The molecule has 2 heterocycles. The molecule has 0 aliphatic carbocycles. The summed E-state index contributed by atoms with van der Waals surface area (Å²) in [6.07, 6.45) is -4.44. The first-order chi connectivity index (χ1) is 12.7. The topological polar surface area (TPSA) is 31.4 Å². The summed E-state index contributed by atoms with van der Waals surface area (Å²) in [7, 11) is 0. The van der Waals surface area contributed by atoms with Crippen molar-refractivity contribution in [2.45, 2.75) is 19.7 Å². The molecule has 0 atom stereocenters. The van der Waals surface area contributed by atoms with Crippen molar-refractivity contribution < 1.29 is 31.4 Å². The molecule has 0 N–H and O–H groups in total. The zero-order chi connectivity index (χ0) is 19.6. The van der Waals surface area contributed by atoms with Crippen molar-refractivity contribution >= 4 is 11.3 Å². The van der Waals surface area contributed by atoms with Crippen molar-refractivity contribution in [1.29, 1.82) is 0 Å². The second-order valence-electron chi connectivity index (χ2n) is 5.59. The van der Waals surface area contributed by atoms with E-state index in [1.165, 1.54) is 17.5 Å². The number of pyridine rings is 1. The first kappa shape index (κ1) is 19.1. The molecule has 3 aromatic rings. The lowest BCUT2D eigenvalue weighted by molar-refractivity contribution is -0.134. The van der Waals surface area contributed by atoms with Gasteiger partial charge in [-0.1, -0.05) is 0 Å². The van der Waals surface area contributed by atoms with Gasteiger partial charge in [0.2, 0.25) is 11.8 Å². The van der Waals surface area contributed by atoms with Gasteiger partial charge in [-0.25, -0.2) is 8.78 Å². The monoisotopic (exact) mass is 401 g/mol. The van der Waals surface area contributed by atoms with Gasteiger partial charge in [0.1, 0.15) is 28.9 Å². The summed E-state index contributed by atoms with van der Waals surface area (Å²) >= 11 is 0.513. The summed E-state index contributed by atoms with van der Waals surface area (Å²) in [6.45, 7) is 1.52. The number of ether oxygens (including phenoxy) is 2. The normalized spacial score (nSPS) is 11.5. The van der Waals surface area contributed by atoms with Gasteiger partial charge in [0.15, 0.2) is 0 Å². The van der Waals surface area contributed by atoms with Crippen LogP contribution in [0, 0.1) is 18.6 Å². The minimum absolute atomic E-state index is 0.000883. The van der Waals surface area contributed by atoms with Crippen LogP contribution < -0.4 is 9.47 Å². The van der Waals surface area contributed by atoms with Gasteiger partial charge in [-0.15, -0.1) is 11.3 Å². The summed E-state index contributed by atoms with van der Waals surface area (Å²) in [6, 6.07) is 7.06. The highest BCUT2D eigenvalue weighted by atomic mass is 32.1. The lowest BCUT2D eigenvalue weighted by Gasteiger charge is -2.09. The largest absolute Gasteiger partial charge is 0.473 e. The van der Waals surface area contributed by atoms with Gasteiger partial charge in [0, 0.05) is 35.2 Å². The van der Waals surface area contributed by atoms with Crippen LogP contribution in [0.2, 0.25) is 0 Å². The van der Waals surface area contributed by atoms with Crippen molar-refractivity contribution in [2.24, 2.45) is 0 Å². The Morgan fingerprint density at radius 1 is 1.04 bits per heavy atom. The molecule has 142 valence electrons. The molecule has 27 heavy (non-hydrogen) atoms. The van der Waals surface area contributed by atoms with Crippen molar-refractivity contribution in [3.8, 4) is 17.5 Å². The third-order valence-electron chi connectivity index (χ3n) is 3.39. The highest BCUT2D eigenvalue weighted by Crippen LogP contribution is 2.37. The molecule has 0 spiro atoms. The summed E-state index contributed by atoms with van der Waals surface area (Å²) in [5.41, 5.74) is 0.815. The van der Waals surface area contributed by atoms with Crippen LogP contribution in [-0.2, 0) is 12.8 Å². The van der Waals surface area contributed by atoms with Crippen LogP contribution >= 0.6 is 11.3 Å². The minimum Gasteiger partial charge on any atom is -0.473 e. The number of benzene rings is 1. The first-order valence-corrected chi connectivity index (χ1v) is 8.47. The average molecular weight is 401 g/mol. The molecule has 2 aromatic heterocycles. The fraction of sp³-hybridized carbons (Fsp3) is 0.167. The van der Waals surface area contributed by atoms with Gasteiger partial charge in [0.05, 0.1) is 0 Å². The molecule has 9 heteroatoms. The number of rotatable bonds is 5.